The van der Waals surface area contributed by atoms with Crippen molar-refractivity contribution in [1.29, 1.82) is 0 Å². The topological polar surface area (TPSA) is 89.8 Å². The van der Waals surface area contributed by atoms with Gasteiger partial charge in [0, 0.05) is 6.54 Å². The molecule has 3 rings (SSSR count). The number of anilines is 1. The Bertz CT molecular complexity index is 1080. The SMILES string of the molecule is CC(C)(C)OC(=O)N(C(=O)OC(C)(C)C)c1nc2n(n1)C(c1ccc(F)cc1)CN(CC(F)(F)F)C2. The van der Waals surface area contributed by atoms with Crippen molar-refractivity contribution >= 4 is 18.1 Å². The number of amides is 2. The molecule has 1 aromatic carbocycles. The van der Waals surface area contributed by atoms with E-state index in [0.717, 1.165) is 4.90 Å². The summed E-state index contributed by atoms with van der Waals surface area (Å²) >= 11 is 0. The molecule has 0 radical (unpaired) electrons. The van der Waals surface area contributed by atoms with Crippen molar-refractivity contribution in [3.05, 3.63) is 41.5 Å². The van der Waals surface area contributed by atoms with Gasteiger partial charge < -0.3 is 9.47 Å². The van der Waals surface area contributed by atoms with Crippen molar-refractivity contribution in [2.24, 2.45) is 0 Å². The van der Waals surface area contributed by atoms with Crippen molar-refractivity contribution < 1.29 is 36.6 Å². The lowest BCUT2D eigenvalue weighted by atomic mass is 10.0. The predicted molar refractivity (Wildman–Crippen MR) is 121 cm³/mol. The second-order valence-electron chi connectivity index (χ2n) is 10.4. The van der Waals surface area contributed by atoms with Crippen LogP contribution in [0.15, 0.2) is 24.3 Å². The second kappa shape index (κ2) is 9.68. The molecule has 0 N–H and O–H groups in total. The largest absolute Gasteiger partial charge is 0.443 e. The predicted octanol–water partition coefficient (Wildman–Crippen LogP) is 5.06. The van der Waals surface area contributed by atoms with Gasteiger partial charge in [-0.05, 0) is 59.2 Å². The van der Waals surface area contributed by atoms with Crippen LogP contribution in [0.1, 0.15) is 59.0 Å². The Balaban J connectivity index is 2.07. The van der Waals surface area contributed by atoms with Crippen LogP contribution in [0.2, 0.25) is 0 Å². The molecule has 1 aliphatic heterocycles. The molecular weight excluding hydrogens is 486 g/mol. The van der Waals surface area contributed by atoms with Crippen LogP contribution < -0.4 is 4.90 Å². The van der Waals surface area contributed by atoms with Crippen LogP contribution in [0.4, 0.5) is 33.1 Å². The fraction of sp³-hybridized carbons (Fsp3) is 0.565. The van der Waals surface area contributed by atoms with Gasteiger partial charge in [-0.2, -0.15) is 18.2 Å². The minimum absolute atomic E-state index is 0.0759. The molecule has 2 heterocycles. The molecule has 0 saturated heterocycles. The van der Waals surface area contributed by atoms with Gasteiger partial charge in [0.05, 0.1) is 19.1 Å². The average molecular weight is 516 g/mol. The Morgan fingerprint density at radius 2 is 1.53 bits per heavy atom. The molecule has 0 aliphatic carbocycles. The van der Waals surface area contributed by atoms with E-state index in [-0.39, 0.29) is 18.9 Å². The number of halogens is 4. The van der Waals surface area contributed by atoms with Crippen LogP contribution in [-0.4, -0.2) is 62.3 Å². The molecule has 0 fully saturated rings. The van der Waals surface area contributed by atoms with E-state index in [0.29, 0.717) is 10.5 Å². The summed E-state index contributed by atoms with van der Waals surface area (Å²) in [6, 6.07) is 4.44. The number of rotatable bonds is 3. The summed E-state index contributed by atoms with van der Waals surface area (Å²) in [7, 11) is 0. The molecule has 36 heavy (non-hydrogen) atoms. The highest BCUT2D eigenvalue weighted by Crippen LogP contribution is 2.31. The second-order valence-corrected chi connectivity index (χ2v) is 10.4. The highest BCUT2D eigenvalue weighted by atomic mass is 19.4. The third-order valence-electron chi connectivity index (χ3n) is 4.79. The van der Waals surface area contributed by atoms with E-state index in [2.05, 4.69) is 10.1 Å². The van der Waals surface area contributed by atoms with Crippen LogP contribution in [0.3, 0.4) is 0 Å². The third-order valence-corrected chi connectivity index (χ3v) is 4.79. The number of alkyl halides is 3. The van der Waals surface area contributed by atoms with Gasteiger partial charge in [0.2, 0.25) is 0 Å². The van der Waals surface area contributed by atoms with Gasteiger partial charge in [0.1, 0.15) is 22.8 Å². The minimum atomic E-state index is -4.47. The number of fused-ring (bicyclic) bond motifs is 1. The number of benzene rings is 1. The average Bonchev–Trinajstić information content (AvgIpc) is 3.07. The Morgan fingerprint density at radius 3 is 2.00 bits per heavy atom. The standard InChI is InChI=1S/C23H29F4N5O4/c1-21(2,3)35-19(33)31(20(34)36-22(4,5)6)18-28-17-12-30(13-23(25,26)27)11-16(32(17)29-18)14-7-9-15(24)10-8-14/h7-10,16H,11-13H2,1-6H3. The Kier molecular flexibility index (Phi) is 7.36. The molecule has 13 heteroatoms. The molecule has 1 aliphatic rings. The van der Waals surface area contributed by atoms with Gasteiger partial charge in [0.25, 0.3) is 5.95 Å². The van der Waals surface area contributed by atoms with Gasteiger partial charge in [-0.1, -0.05) is 12.1 Å². The maximum Gasteiger partial charge on any atom is 0.427 e. The maximum absolute atomic E-state index is 13.5. The smallest absolute Gasteiger partial charge is 0.427 e. The van der Waals surface area contributed by atoms with Crippen LogP contribution in [0, 0.1) is 5.82 Å². The fourth-order valence-corrected chi connectivity index (χ4v) is 3.54. The first kappa shape index (κ1) is 27.4. The number of ether oxygens (including phenoxy) is 2. The zero-order valence-corrected chi connectivity index (χ0v) is 20.9. The summed E-state index contributed by atoms with van der Waals surface area (Å²) in [5.74, 6) is -0.844. The van der Waals surface area contributed by atoms with Crippen LogP contribution in [0.25, 0.3) is 0 Å². The Hall–Kier alpha value is -3.22. The fourth-order valence-electron chi connectivity index (χ4n) is 3.54. The summed E-state index contributed by atoms with van der Waals surface area (Å²) in [6.45, 7) is 8.03. The minimum Gasteiger partial charge on any atom is -0.443 e. The number of carbonyl (C=O) groups excluding carboxylic acids is 2. The van der Waals surface area contributed by atoms with E-state index in [1.165, 1.54) is 28.9 Å². The van der Waals surface area contributed by atoms with Gasteiger partial charge in [-0.15, -0.1) is 10.00 Å². The summed E-state index contributed by atoms with van der Waals surface area (Å²) in [5, 5.41) is 4.29. The molecule has 0 bridgehead atoms. The molecule has 1 unspecified atom stereocenters. The molecule has 9 nitrogen and oxygen atoms in total. The molecule has 0 saturated carbocycles. The lowest BCUT2D eigenvalue weighted by molar-refractivity contribution is -0.149. The van der Waals surface area contributed by atoms with E-state index in [9.17, 15) is 27.2 Å². The van der Waals surface area contributed by atoms with Crippen molar-refractivity contribution in [2.75, 3.05) is 18.0 Å². The first-order chi connectivity index (χ1) is 16.4. The number of carbonyl (C=O) groups is 2. The first-order valence-corrected chi connectivity index (χ1v) is 11.2. The zero-order valence-electron chi connectivity index (χ0n) is 20.9. The normalized spacial score (nSPS) is 16.9. The van der Waals surface area contributed by atoms with E-state index in [1.54, 1.807) is 41.5 Å². The molecular formula is C23H29F4N5O4. The number of imide groups is 1. The van der Waals surface area contributed by atoms with Crippen LogP contribution in [0.5, 0.6) is 0 Å². The van der Waals surface area contributed by atoms with Gasteiger partial charge in [-0.3, -0.25) is 4.90 Å². The van der Waals surface area contributed by atoms with Gasteiger partial charge >= 0.3 is 18.4 Å². The van der Waals surface area contributed by atoms with Crippen LogP contribution >= 0.6 is 0 Å². The molecule has 2 amide bonds. The van der Waals surface area contributed by atoms with Crippen molar-refractivity contribution in [3.63, 3.8) is 0 Å². The van der Waals surface area contributed by atoms with E-state index < -0.39 is 53.9 Å². The van der Waals surface area contributed by atoms with E-state index in [4.69, 9.17) is 9.47 Å². The lowest BCUT2D eigenvalue weighted by Gasteiger charge is -2.33. The van der Waals surface area contributed by atoms with Crippen molar-refractivity contribution in [3.8, 4) is 0 Å². The number of hydrogen-bond acceptors (Lipinski definition) is 7. The molecule has 1 atom stereocenters. The molecule has 198 valence electrons. The molecule has 0 spiro atoms. The number of hydrogen-bond donors (Lipinski definition) is 0. The monoisotopic (exact) mass is 515 g/mol. The van der Waals surface area contributed by atoms with Gasteiger partial charge in [0.15, 0.2) is 0 Å². The number of nitrogens with zero attached hydrogens (tertiary/aromatic N) is 5. The maximum atomic E-state index is 13.5. The highest BCUT2D eigenvalue weighted by Gasteiger charge is 2.40. The quantitative estimate of drug-likeness (QED) is 0.528. The molecule has 2 aromatic rings. The lowest BCUT2D eigenvalue weighted by Crippen LogP contribution is -2.44. The van der Waals surface area contributed by atoms with Crippen molar-refractivity contribution in [1.82, 2.24) is 19.7 Å². The van der Waals surface area contributed by atoms with Crippen molar-refractivity contribution in [2.45, 2.75) is 71.5 Å². The molecule has 1 aromatic heterocycles. The van der Waals surface area contributed by atoms with E-state index >= 15 is 0 Å². The van der Waals surface area contributed by atoms with Crippen LogP contribution in [-0.2, 0) is 16.0 Å². The summed E-state index contributed by atoms with van der Waals surface area (Å²) < 4.78 is 65.1. The number of aromatic nitrogens is 3. The highest BCUT2D eigenvalue weighted by molar-refractivity contribution is 6.08. The van der Waals surface area contributed by atoms with E-state index in [1.807, 2.05) is 0 Å². The summed E-state index contributed by atoms with van der Waals surface area (Å²) in [6.07, 6.45) is -6.69. The Morgan fingerprint density at radius 1 is 1.00 bits per heavy atom. The third kappa shape index (κ3) is 7.15. The summed E-state index contributed by atoms with van der Waals surface area (Å²) in [4.78, 5) is 31.8. The first-order valence-electron chi connectivity index (χ1n) is 11.2. The van der Waals surface area contributed by atoms with Gasteiger partial charge in [-0.25, -0.2) is 18.7 Å². The Labute approximate surface area is 206 Å². The zero-order chi connectivity index (χ0) is 27.1. The summed E-state index contributed by atoms with van der Waals surface area (Å²) in [5.41, 5.74) is -1.48.